The maximum atomic E-state index is 2.57. The summed E-state index contributed by atoms with van der Waals surface area (Å²) in [6.07, 6.45) is 52.4. The van der Waals surface area contributed by atoms with Crippen LogP contribution < -0.4 is 0 Å². The standard InChI is InChI=1S/C37H75/c1-3-5-7-9-11-13-15-17-19-21-23-25-27-29-31-33-35-37-36-34-32-30-28-26-24-22-20-18-16-14-12-10-8-6-4-2/h19H,3-18,20-37H2,1-2H3. The van der Waals surface area contributed by atoms with Crippen LogP contribution in [0.25, 0.3) is 0 Å². The van der Waals surface area contributed by atoms with Crippen LogP contribution in [0.5, 0.6) is 0 Å². The SMILES string of the molecule is CCCCCCCCC[CH]CCCCCCCCCCCCCCCCCCCCCCCCCCC. The van der Waals surface area contributed by atoms with E-state index in [4.69, 9.17) is 0 Å². The van der Waals surface area contributed by atoms with Crippen LogP contribution in [0.2, 0.25) is 0 Å². The fourth-order valence-corrected chi connectivity index (χ4v) is 5.82. The van der Waals surface area contributed by atoms with Gasteiger partial charge in [0.1, 0.15) is 0 Å². The van der Waals surface area contributed by atoms with Crippen molar-refractivity contribution in [1.29, 1.82) is 0 Å². The van der Waals surface area contributed by atoms with E-state index in [2.05, 4.69) is 20.3 Å². The minimum absolute atomic E-state index is 1.37. The molecule has 0 aromatic rings. The molecular weight excluding hydrogens is 444 g/mol. The lowest BCUT2D eigenvalue weighted by Gasteiger charge is -2.04. The summed E-state index contributed by atoms with van der Waals surface area (Å²) >= 11 is 0. The fourth-order valence-electron chi connectivity index (χ4n) is 5.82. The predicted octanol–water partition coefficient (Wildman–Crippen LogP) is 14.5. The maximum absolute atomic E-state index is 2.57. The molecule has 0 nitrogen and oxygen atoms in total. The number of rotatable bonds is 34. The zero-order chi connectivity index (χ0) is 26.7. The largest absolute Gasteiger partial charge is 0.0654 e. The summed E-state index contributed by atoms with van der Waals surface area (Å²) < 4.78 is 0. The summed E-state index contributed by atoms with van der Waals surface area (Å²) in [6, 6.07) is 0. The van der Waals surface area contributed by atoms with Crippen molar-refractivity contribution in [1.82, 2.24) is 0 Å². The van der Waals surface area contributed by atoms with E-state index >= 15 is 0 Å². The Morgan fingerprint density at radius 3 is 0.568 bits per heavy atom. The second-order valence-corrected chi connectivity index (χ2v) is 12.5. The Bertz CT molecular complexity index is 325. The third-order valence-corrected chi connectivity index (χ3v) is 8.52. The van der Waals surface area contributed by atoms with Gasteiger partial charge in [-0.05, 0) is 6.42 Å². The Labute approximate surface area is 238 Å². The lowest BCUT2D eigenvalue weighted by Crippen LogP contribution is -1.85. The predicted molar refractivity (Wildman–Crippen MR) is 173 cm³/mol. The van der Waals surface area contributed by atoms with Gasteiger partial charge in [-0.2, -0.15) is 0 Å². The van der Waals surface area contributed by atoms with Crippen LogP contribution in [-0.4, -0.2) is 0 Å². The van der Waals surface area contributed by atoms with Crippen LogP contribution in [0.15, 0.2) is 0 Å². The second-order valence-electron chi connectivity index (χ2n) is 12.5. The summed E-state index contributed by atoms with van der Waals surface area (Å²) in [6.45, 7) is 4.61. The van der Waals surface area contributed by atoms with Gasteiger partial charge in [-0.15, -0.1) is 0 Å². The topological polar surface area (TPSA) is 0 Å². The van der Waals surface area contributed by atoms with Crippen molar-refractivity contribution in [2.75, 3.05) is 0 Å². The minimum Gasteiger partial charge on any atom is -0.0654 e. The van der Waals surface area contributed by atoms with Gasteiger partial charge in [-0.25, -0.2) is 0 Å². The van der Waals surface area contributed by atoms with Gasteiger partial charge in [0.05, 0.1) is 0 Å². The van der Waals surface area contributed by atoms with Crippen LogP contribution >= 0.6 is 0 Å². The van der Waals surface area contributed by atoms with Crippen molar-refractivity contribution in [2.45, 2.75) is 232 Å². The van der Waals surface area contributed by atoms with E-state index in [1.807, 2.05) is 0 Å². The first kappa shape index (κ1) is 37.0. The molecule has 0 heterocycles. The van der Waals surface area contributed by atoms with Gasteiger partial charge >= 0.3 is 0 Å². The van der Waals surface area contributed by atoms with Gasteiger partial charge in [-0.3, -0.25) is 0 Å². The monoisotopic (exact) mass is 520 g/mol. The van der Waals surface area contributed by atoms with Gasteiger partial charge in [0.15, 0.2) is 0 Å². The minimum atomic E-state index is 1.37. The molecule has 0 N–H and O–H groups in total. The first-order chi connectivity index (χ1) is 18.4. The molecule has 37 heavy (non-hydrogen) atoms. The Morgan fingerprint density at radius 1 is 0.216 bits per heavy atom. The summed E-state index contributed by atoms with van der Waals surface area (Å²) in [7, 11) is 0. The highest BCUT2D eigenvalue weighted by molar-refractivity contribution is 4.64. The summed E-state index contributed by atoms with van der Waals surface area (Å²) in [5.74, 6) is 0. The average Bonchev–Trinajstić information content (AvgIpc) is 2.91. The molecule has 0 rings (SSSR count). The van der Waals surface area contributed by atoms with Gasteiger partial charge < -0.3 is 0 Å². The van der Waals surface area contributed by atoms with E-state index in [0.29, 0.717) is 0 Å². The molecule has 0 unspecified atom stereocenters. The van der Waals surface area contributed by atoms with Crippen molar-refractivity contribution < 1.29 is 0 Å². The normalized spacial score (nSPS) is 11.5. The van der Waals surface area contributed by atoms with Crippen LogP contribution in [-0.2, 0) is 0 Å². The zero-order valence-electron chi connectivity index (χ0n) is 26.6. The highest BCUT2D eigenvalue weighted by atomic mass is 14.0. The molecule has 0 saturated heterocycles. The summed E-state index contributed by atoms with van der Waals surface area (Å²) in [5, 5.41) is 0. The Hall–Kier alpha value is 0. The summed E-state index contributed by atoms with van der Waals surface area (Å²) in [4.78, 5) is 0. The van der Waals surface area contributed by atoms with Crippen LogP contribution in [0.3, 0.4) is 0 Å². The van der Waals surface area contributed by atoms with Crippen molar-refractivity contribution >= 4 is 0 Å². The zero-order valence-corrected chi connectivity index (χ0v) is 26.6. The highest BCUT2D eigenvalue weighted by Crippen LogP contribution is 2.16. The molecule has 223 valence electrons. The third-order valence-electron chi connectivity index (χ3n) is 8.52. The molecule has 0 atom stereocenters. The molecular formula is C37H75. The molecule has 0 aliphatic carbocycles. The molecule has 0 saturated carbocycles. The molecule has 0 amide bonds. The van der Waals surface area contributed by atoms with E-state index in [0.717, 1.165) is 0 Å². The number of hydrogen-bond donors (Lipinski definition) is 0. The van der Waals surface area contributed by atoms with Crippen molar-refractivity contribution in [3.63, 3.8) is 0 Å². The molecule has 0 aliphatic rings. The molecule has 0 heteroatoms. The molecule has 0 aromatic carbocycles. The van der Waals surface area contributed by atoms with Crippen molar-refractivity contribution in [3.8, 4) is 0 Å². The van der Waals surface area contributed by atoms with Gasteiger partial charge in [0, 0.05) is 0 Å². The molecule has 0 bridgehead atoms. The highest BCUT2D eigenvalue weighted by Gasteiger charge is 1.97. The van der Waals surface area contributed by atoms with Crippen LogP contribution in [0.1, 0.15) is 232 Å². The maximum Gasteiger partial charge on any atom is -0.0386 e. The Balaban J connectivity index is 3.00. The molecule has 0 spiro atoms. The smallest absolute Gasteiger partial charge is 0.0386 e. The van der Waals surface area contributed by atoms with E-state index in [1.165, 1.54) is 218 Å². The lowest BCUT2D eigenvalue weighted by atomic mass is 10.0. The Morgan fingerprint density at radius 2 is 0.378 bits per heavy atom. The van der Waals surface area contributed by atoms with Crippen molar-refractivity contribution in [3.05, 3.63) is 6.42 Å². The molecule has 0 aliphatic heterocycles. The third kappa shape index (κ3) is 36.0. The van der Waals surface area contributed by atoms with Crippen molar-refractivity contribution in [2.24, 2.45) is 0 Å². The average molecular weight is 520 g/mol. The second kappa shape index (κ2) is 36.0. The molecule has 0 fully saturated rings. The summed E-state index contributed by atoms with van der Waals surface area (Å²) in [5.41, 5.74) is 0. The lowest BCUT2D eigenvalue weighted by molar-refractivity contribution is 0.516. The van der Waals surface area contributed by atoms with E-state index in [9.17, 15) is 0 Å². The fraction of sp³-hybridized carbons (Fsp3) is 0.973. The van der Waals surface area contributed by atoms with E-state index < -0.39 is 0 Å². The van der Waals surface area contributed by atoms with Gasteiger partial charge in [0.25, 0.3) is 0 Å². The van der Waals surface area contributed by atoms with Gasteiger partial charge in [-0.1, -0.05) is 232 Å². The first-order valence-corrected chi connectivity index (χ1v) is 18.2. The van der Waals surface area contributed by atoms with Crippen LogP contribution in [0.4, 0.5) is 0 Å². The number of hydrogen-bond acceptors (Lipinski definition) is 0. The van der Waals surface area contributed by atoms with E-state index in [-0.39, 0.29) is 0 Å². The number of unbranched alkanes of at least 4 members (excludes halogenated alkanes) is 34. The first-order valence-electron chi connectivity index (χ1n) is 18.2. The Kier molecular flexibility index (Phi) is 36.0. The van der Waals surface area contributed by atoms with Crippen LogP contribution in [0, 0.1) is 6.42 Å². The van der Waals surface area contributed by atoms with E-state index in [1.54, 1.807) is 0 Å². The van der Waals surface area contributed by atoms with Gasteiger partial charge in [0.2, 0.25) is 0 Å². The molecule has 0 aromatic heterocycles. The molecule has 1 radical (unpaired) electrons. The quantitative estimate of drug-likeness (QED) is 0.0741.